The van der Waals surface area contributed by atoms with Crippen molar-refractivity contribution in [1.29, 1.82) is 0 Å². The molecule has 1 unspecified atom stereocenters. The molecule has 3 rings (SSSR count). The van der Waals surface area contributed by atoms with Crippen LogP contribution in [-0.2, 0) is 11.8 Å². The number of rotatable bonds is 12. The van der Waals surface area contributed by atoms with Crippen molar-refractivity contribution in [2.45, 2.75) is 59.4 Å². The number of aromatic nitrogens is 2. The molecule has 0 spiro atoms. The lowest BCUT2D eigenvalue weighted by Gasteiger charge is -2.39. The Hall–Kier alpha value is -3.56. The van der Waals surface area contributed by atoms with Gasteiger partial charge in [-0.3, -0.25) is 19.1 Å². The maximum absolute atomic E-state index is 13.8. The van der Waals surface area contributed by atoms with Gasteiger partial charge in [-0.25, -0.2) is 4.68 Å². The Balaban J connectivity index is 1.87. The number of amides is 2. The fraction of sp³-hybridized carbons (Fsp3) is 0.469. The highest BCUT2D eigenvalue weighted by Gasteiger charge is 2.36. The first-order chi connectivity index (χ1) is 19.6. The van der Waals surface area contributed by atoms with Crippen LogP contribution >= 0.6 is 11.6 Å². The Morgan fingerprint density at radius 1 is 1.07 bits per heavy atom. The summed E-state index contributed by atoms with van der Waals surface area (Å²) < 4.78 is 8.99. The normalized spacial score (nSPS) is 12.7. The second-order valence-corrected chi connectivity index (χ2v) is 12.6. The first-order valence-electron chi connectivity index (χ1n) is 14.2. The van der Waals surface area contributed by atoms with Gasteiger partial charge in [0.2, 0.25) is 5.91 Å². The van der Waals surface area contributed by atoms with Crippen molar-refractivity contribution >= 4 is 29.1 Å². The molecule has 0 saturated heterocycles. The maximum Gasteiger partial charge on any atom is 0.295 e. The number of hydrogen-bond acceptors (Lipinski definition) is 5. The van der Waals surface area contributed by atoms with Crippen molar-refractivity contribution in [3.8, 4) is 11.4 Å². The zero-order valence-electron chi connectivity index (χ0n) is 26.2. The number of ether oxygens (including phenoxy) is 1. The molecule has 9 nitrogen and oxygen atoms in total. The zero-order chi connectivity index (χ0) is 31.4. The number of likely N-dealkylation sites (N-methyl/N-ethyl adjacent to an activating group) is 1. The molecule has 0 saturated carbocycles. The van der Waals surface area contributed by atoms with Gasteiger partial charge in [0.1, 0.15) is 11.4 Å². The number of carbonyl (C=O) groups is 2. The zero-order valence-corrected chi connectivity index (χ0v) is 26.9. The van der Waals surface area contributed by atoms with E-state index >= 15 is 0 Å². The number of anilines is 1. The highest BCUT2D eigenvalue weighted by atomic mass is 35.5. The molecular weight excluding hydrogens is 554 g/mol. The Labute approximate surface area is 253 Å². The van der Waals surface area contributed by atoms with Crippen molar-refractivity contribution < 1.29 is 14.3 Å². The smallest absolute Gasteiger partial charge is 0.295 e. The van der Waals surface area contributed by atoms with Gasteiger partial charge >= 0.3 is 0 Å². The molecule has 0 aliphatic carbocycles. The Bertz CT molecular complexity index is 1470. The molecule has 0 aliphatic heterocycles. The molecule has 42 heavy (non-hydrogen) atoms. The molecule has 3 aromatic rings. The fourth-order valence-electron chi connectivity index (χ4n) is 4.87. The molecule has 0 bridgehead atoms. The van der Waals surface area contributed by atoms with E-state index in [0.717, 1.165) is 5.69 Å². The molecule has 0 fully saturated rings. The van der Waals surface area contributed by atoms with Crippen molar-refractivity contribution in [2.75, 3.05) is 32.6 Å². The van der Waals surface area contributed by atoms with E-state index in [2.05, 4.69) is 36.3 Å². The lowest BCUT2D eigenvalue weighted by atomic mass is 9.84. The van der Waals surface area contributed by atoms with E-state index in [-0.39, 0.29) is 47.5 Å². The highest BCUT2D eigenvalue weighted by Crippen LogP contribution is 2.35. The average Bonchev–Trinajstić information content (AvgIpc) is 3.16. The second-order valence-electron chi connectivity index (χ2n) is 12.2. The van der Waals surface area contributed by atoms with Crippen LogP contribution in [0.5, 0.6) is 5.75 Å². The first-order valence-corrected chi connectivity index (χ1v) is 14.5. The van der Waals surface area contributed by atoms with E-state index in [0.29, 0.717) is 28.6 Å². The van der Waals surface area contributed by atoms with Gasteiger partial charge < -0.3 is 20.3 Å². The molecule has 0 radical (unpaired) electrons. The van der Waals surface area contributed by atoms with Gasteiger partial charge in [-0.1, -0.05) is 50.6 Å². The molecule has 10 heteroatoms. The van der Waals surface area contributed by atoms with Crippen LogP contribution in [0.2, 0.25) is 5.02 Å². The molecule has 2 aromatic carbocycles. The topological polar surface area (TPSA) is 97.6 Å². The summed E-state index contributed by atoms with van der Waals surface area (Å²) in [6.07, 6.45) is 0.0751. The number of nitrogens with zero attached hydrogens (tertiary/aromatic N) is 3. The van der Waals surface area contributed by atoms with Crippen LogP contribution in [-0.4, -0.2) is 58.9 Å². The molecular formula is C32H44ClN5O4. The minimum Gasteiger partial charge on any atom is -0.493 e. The van der Waals surface area contributed by atoms with Gasteiger partial charge in [0, 0.05) is 36.5 Å². The Morgan fingerprint density at radius 2 is 1.71 bits per heavy atom. The predicted molar refractivity (Wildman–Crippen MR) is 169 cm³/mol. The van der Waals surface area contributed by atoms with Gasteiger partial charge in [0.25, 0.3) is 11.5 Å². The quantitative estimate of drug-likeness (QED) is 0.289. The molecule has 2 amide bonds. The summed E-state index contributed by atoms with van der Waals surface area (Å²) in [6, 6.07) is 14.3. The number of carbonyl (C=O) groups excluding carboxylic acids is 2. The van der Waals surface area contributed by atoms with Gasteiger partial charge in [-0.05, 0) is 70.6 Å². The van der Waals surface area contributed by atoms with Gasteiger partial charge in [0.15, 0.2) is 0 Å². The highest BCUT2D eigenvalue weighted by molar-refractivity contribution is 6.31. The van der Waals surface area contributed by atoms with Crippen LogP contribution in [0.4, 0.5) is 5.69 Å². The maximum atomic E-state index is 13.8. The van der Waals surface area contributed by atoms with E-state index in [1.54, 1.807) is 22.9 Å². The molecule has 0 aliphatic rings. The van der Waals surface area contributed by atoms with Crippen molar-refractivity contribution in [2.24, 2.45) is 12.5 Å². The summed E-state index contributed by atoms with van der Waals surface area (Å²) in [7, 11) is 5.84. The molecule has 1 heterocycles. The van der Waals surface area contributed by atoms with Crippen LogP contribution in [0.25, 0.3) is 5.69 Å². The summed E-state index contributed by atoms with van der Waals surface area (Å²) in [5, 5.41) is 6.28. The number of nitrogens with one attached hydrogen (secondary N) is 2. The molecule has 2 N–H and O–H groups in total. The van der Waals surface area contributed by atoms with E-state index in [4.69, 9.17) is 16.3 Å². The molecule has 1 atom stereocenters. The lowest BCUT2D eigenvalue weighted by molar-refractivity contribution is -0.118. The Morgan fingerprint density at radius 3 is 2.31 bits per heavy atom. The van der Waals surface area contributed by atoms with E-state index < -0.39 is 5.41 Å². The van der Waals surface area contributed by atoms with Gasteiger partial charge in [-0.15, -0.1) is 0 Å². The van der Waals surface area contributed by atoms with Crippen molar-refractivity contribution in [3.05, 3.63) is 75.2 Å². The number of benzene rings is 2. The minimum absolute atomic E-state index is 0.0751. The van der Waals surface area contributed by atoms with Gasteiger partial charge in [-0.2, -0.15) is 0 Å². The second kappa shape index (κ2) is 13.2. The number of hydrogen-bond donors (Lipinski definition) is 2. The summed E-state index contributed by atoms with van der Waals surface area (Å²) >= 11 is 6.12. The predicted octanol–water partition coefficient (Wildman–Crippen LogP) is 5.46. The molecule has 1 aromatic heterocycles. The minimum atomic E-state index is -0.619. The van der Waals surface area contributed by atoms with Crippen molar-refractivity contribution in [1.82, 2.24) is 19.6 Å². The summed E-state index contributed by atoms with van der Waals surface area (Å²) in [5.41, 5.74) is 0.779. The Kier molecular flexibility index (Phi) is 10.3. The van der Waals surface area contributed by atoms with E-state index in [1.165, 1.54) is 0 Å². The van der Waals surface area contributed by atoms with Crippen LogP contribution in [0.3, 0.4) is 0 Å². The number of halogens is 1. The van der Waals surface area contributed by atoms with Gasteiger partial charge in [0.05, 0.1) is 23.6 Å². The monoisotopic (exact) mass is 597 g/mol. The third kappa shape index (κ3) is 7.25. The fourth-order valence-corrected chi connectivity index (χ4v) is 5.05. The van der Waals surface area contributed by atoms with E-state index in [9.17, 15) is 14.4 Å². The third-order valence-electron chi connectivity index (χ3n) is 8.05. The van der Waals surface area contributed by atoms with E-state index in [1.807, 2.05) is 76.9 Å². The van der Waals surface area contributed by atoms with Crippen LogP contribution in [0, 0.1) is 5.41 Å². The SMILES string of the molecule is CCOc1ccc(Cl)cc1C(=O)NCC(C)(C)CC(=O)Nc1c(C(C)C(C)(C)N(C)C)n(C)n(-c2ccccc2)c1=O. The average molecular weight is 598 g/mol. The standard InChI is InChI=1S/C32H44ClN5O4/c1-10-42-25-17-16-22(33)18-24(25)29(40)34-20-31(3,4)19-26(39)35-27-28(21(2)32(5,6)36(7)8)37(9)38(30(27)41)23-14-12-11-13-15-23/h11-18,21H,10,19-20H2,1-9H3,(H,34,40)(H,35,39). The summed E-state index contributed by atoms with van der Waals surface area (Å²) in [6.45, 7) is 12.5. The van der Waals surface area contributed by atoms with Crippen LogP contribution in [0.15, 0.2) is 53.3 Å². The lowest BCUT2D eigenvalue weighted by Crippen LogP contribution is -2.43. The summed E-state index contributed by atoms with van der Waals surface area (Å²) in [5.74, 6) is -0.331. The third-order valence-corrected chi connectivity index (χ3v) is 8.29. The van der Waals surface area contributed by atoms with Crippen molar-refractivity contribution in [3.63, 3.8) is 0 Å². The summed E-state index contributed by atoms with van der Waals surface area (Å²) in [4.78, 5) is 42.4. The van der Waals surface area contributed by atoms with Crippen LogP contribution < -0.4 is 20.9 Å². The largest absolute Gasteiger partial charge is 0.493 e. The number of para-hydroxylation sites is 1. The first kappa shape index (κ1) is 32.9. The molecule has 228 valence electrons. The van der Waals surface area contributed by atoms with Crippen LogP contribution in [0.1, 0.15) is 69.9 Å².